The van der Waals surface area contributed by atoms with E-state index < -0.39 is 0 Å². The molecule has 1 aromatic heterocycles. The minimum Gasteiger partial charge on any atom is -0.871 e. The zero-order valence-corrected chi connectivity index (χ0v) is 17.3. The molecule has 21 heavy (non-hydrogen) atoms. The van der Waals surface area contributed by atoms with Gasteiger partial charge in [0, 0.05) is 12.0 Å². The summed E-state index contributed by atoms with van der Waals surface area (Å²) in [5.41, 5.74) is 0.838. The van der Waals surface area contributed by atoms with Crippen LogP contribution in [-0.2, 0) is 4.74 Å². The highest BCUT2D eigenvalue weighted by Crippen LogP contribution is 2.37. The number of halogens is 2. The maximum atomic E-state index is 12.4. The van der Waals surface area contributed by atoms with Crippen molar-refractivity contribution in [3.05, 3.63) is 28.1 Å². The van der Waals surface area contributed by atoms with Crippen molar-refractivity contribution in [3.8, 4) is 16.2 Å². The molecule has 1 fully saturated rings. The number of morpholine rings is 1. The Morgan fingerprint density at radius 2 is 1.90 bits per heavy atom. The lowest BCUT2D eigenvalue weighted by Crippen LogP contribution is -2.37. The molecule has 0 atom stereocenters. The van der Waals surface area contributed by atoms with Crippen LogP contribution >= 0.6 is 67.9 Å². The van der Waals surface area contributed by atoms with Crippen LogP contribution in [0.25, 0.3) is 10.4 Å². The van der Waals surface area contributed by atoms with E-state index >= 15 is 0 Å². The second-order valence-corrected chi connectivity index (χ2v) is 9.59. The normalized spacial score (nSPS) is 15.5. The Morgan fingerprint density at radius 3 is 2.62 bits per heavy atom. The van der Waals surface area contributed by atoms with Crippen LogP contribution in [0.1, 0.15) is 4.88 Å². The topological polar surface area (TPSA) is 35.3 Å². The molecule has 0 N–H and O–H groups in total. The van der Waals surface area contributed by atoms with Crippen molar-refractivity contribution < 1.29 is 9.84 Å². The van der Waals surface area contributed by atoms with Gasteiger partial charge in [0.1, 0.15) is 13.2 Å². The Morgan fingerprint density at radius 1 is 1.19 bits per heavy atom. The SMILES string of the molecule is Cc1sc(=[N+]2CCOCC2)sc1-c1cc(I)cc(I)c1[O-]. The van der Waals surface area contributed by atoms with Gasteiger partial charge in [-0.25, -0.2) is 4.58 Å². The van der Waals surface area contributed by atoms with Gasteiger partial charge in [0.05, 0.1) is 4.88 Å². The Kier molecular flexibility index (Phi) is 5.24. The van der Waals surface area contributed by atoms with Crippen molar-refractivity contribution in [2.24, 2.45) is 0 Å². The Hall–Kier alpha value is 0.290. The van der Waals surface area contributed by atoms with Gasteiger partial charge in [-0.3, -0.25) is 0 Å². The van der Waals surface area contributed by atoms with E-state index in [-0.39, 0.29) is 5.75 Å². The molecule has 7 heteroatoms. The third-order valence-corrected chi connectivity index (χ3v) is 7.43. The van der Waals surface area contributed by atoms with E-state index in [9.17, 15) is 5.11 Å². The van der Waals surface area contributed by atoms with Gasteiger partial charge in [-0.2, -0.15) is 0 Å². The molecule has 0 amide bonds. The molecule has 0 spiro atoms. The largest absolute Gasteiger partial charge is 0.871 e. The second-order valence-electron chi connectivity index (χ2n) is 4.72. The molecule has 3 nitrogen and oxygen atoms in total. The Balaban J connectivity index is 2.14. The van der Waals surface area contributed by atoms with Crippen LogP contribution in [0, 0.1) is 14.1 Å². The molecular formula is C14H13I2NO2S2. The fourth-order valence-electron chi connectivity index (χ4n) is 2.21. The highest BCUT2D eigenvalue weighted by atomic mass is 127. The minimum absolute atomic E-state index is 0.140. The van der Waals surface area contributed by atoms with E-state index in [1.54, 1.807) is 22.7 Å². The van der Waals surface area contributed by atoms with Crippen molar-refractivity contribution >= 4 is 67.9 Å². The molecule has 0 bridgehead atoms. The maximum absolute atomic E-state index is 12.4. The first-order valence-corrected chi connectivity index (χ1v) is 10.3. The number of hydrogen-bond acceptors (Lipinski definition) is 4. The monoisotopic (exact) mass is 545 g/mol. The second kappa shape index (κ2) is 6.81. The number of nitrogens with zero attached hydrogens (tertiary/aromatic N) is 1. The van der Waals surface area contributed by atoms with E-state index in [0.717, 1.165) is 43.9 Å². The van der Waals surface area contributed by atoms with E-state index in [1.807, 2.05) is 12.1 Å². The molecule has 2 heterocycles. The van der Waals surface area contributed by atoms with Crippen LogP contribution in [0.5, 0.6) is 5.75 Å². The lowest BCUT2D eigenvalue weighted by atomic mass is 10.1. The molecule has 0 radical (unpaired) electrons. The first kappa shape index (κ1) is 16.2. The van der Waals surface area contributed by atoms with Gasteiger partial charge >= 0.3 is 3.98 Å². The highest BCUT2D eigenvalue weighted by Gasteiger charge is 2.17. The Labute approximate surface area is 158 Å². The quantitative estimate of drug-likeness (QED) is 0.409. The molecule has 1 aliphatic rings. The van der Waals surface area contributed by atoms with E-state index in [4.69, 9.17) is 4.74 Å². The summed E-state index contributed by atoms with van der Waals surface area (Å²) in [7, 11) is 0. The summed E-state index contributed by atoms with van der Waals surface area (Å²) in [6, 6.07) is 3.93. The number of benzene rings is 1. The molecule has 0 unspecified atom stereocenters. The number of aryl methyl sites for hydroxylation is 1. The average Bonchev–Trinajstić information content (AvgIpc) is 2.86. The predicted octanol–water partition coefficient (Wildman–Crippen LogP) is 2.87. The first-order valence-electron chi connectivity index (χ1n) is 6.49. The zero-order chi connectivity index (χ0) is 15.0. The van der Waals surface area contributed by atoms with Crippen molar-refractivity contribution in [1.82, 2.24) is 4.58 Å². The fourth-order valence-corrected chi connectivity index (χ4v) is 6.76. The standard InChI is InChI=1S/C14H13I2NO2S2/c1-8-13(10-6-9(15)7-11(16)12(10)18)21-14(20-8)17-2-4-19-5-3-17/h6-7H,2-5H2,1H3. The predicted molar refractivity (Wildman–Crippen MR) is 103 cm³/mol. The van der Waals surface area contributed by atoms with Gasteiger partial charge in [0.15, 0.2) is 13.1 Å². The van der Waals surface area contributed by atoms with Crippen molar-refractivity contribution in [3.63, 3.8) is 0 Å². The lowest BCUT2D eigenvalue weighted by molar-refractivity contribution is -0.268. The molecular weight excluding hydrogens is 532 g/mol. The van der Waals surface area contributed by atoms with Crippen LogP contribution in [0.3, 0.4) is 0 Å². The molecule has 1 saturated heterocycles. The van der Waals surface area contributed by atoms with Gasteiger partial charge in [-0.05, 0) is 69.8 Å². The Bertz CT molecular complexity index is 744. The van der Waals surface area contributed by atoms with Crippen molar-refractivity contribution in [2.45, 2.75) is 6.92 Å². The molecule has 3 rings (SSSR count). The number of hydrogen-bond donors (Lipinski definition) is 0. The van der Waals surface area contributed by atoms with Gasteiger partial charge < -0.3 is 9.84 Å². The van der Waals surface area contributed by atoms with Crippen LogP contribution in [0.15, 0.2) is 12.1 Å². The van der Waals surface area contributed by atoms with Crippen molar-refractivity contribution in [1.29, 1.82) is 0 Å². The number of ether oxygens (including phenoxy) is 1. The summed E-state index contributed by atoms with van der Waals surface area (Å²) >= 11 is 7.92. The molecule has 1 aliphatic heterocycles. The van der Waals surface area contributed by atoms with E-state index in [2.05, 4.69) is 56.7 Å². The van der Waals surface area contributed by atoms with Crippen LogP contribution in [0.4, 0.5) is 0 Å². The molecule has 2 aromatic rings. The molecule has 0 aliphatic carbocycles. The third-order valence-electron chi connectivity index (χ3n) is 3.27. The fraction of sp³-hybridized carbons (Fsp3) is 0.357. The number of rotatable bonds is 1. The summed E-state index contributed by atoms with van der Waals surface area (Å²) in [6.45, 7) is 5.54. The van der Waals surface area contributed by atoms with E-state index in [1.165, 1.54) is 8.86 Å². The average molecular weight is 545 g/mol. The highest BCUT2D eigenvalue weighted by molar-refractivity contribution is 14.1. The van der Waals surface area contributed by atoms with Gasteiger partial charge in [-0.1, -0.05) is 28.4 Å². The summed E-state index contributed by atoms with van der Waals surface area (Å²) in [6.07, 6.45) is 0. The molecule has 1 aromatic carbocycles. The maximum Gasteiger partial charge on any atom is 0.314 e. The summed E-state index contributed by atoms with van der Waals surface area (Å²) in [4.78, 5) is 2.33. The van der Waals surface area contributed by atoms with Gasteiger partial charge in [0.2, 0.25) is 0 Å². The van der Waals surface area contributed by atoms with Crippen molar-refractivity contribution in [2.75, 3.05) is 26.3 Å². The zero-order valence-electron chi connectivity index (χ0n) is 11.3. The lowest BCUT2D eigenvalue weighted by Gasteiger charge is -2.15. The van der Waals surface area contributed by atoms with Gasteiger partial charge in [0.25, 0.3) is 0 Å². The summed E-state index contributed by atoms with van der Waals surface area (Å²) < 4.78 is 10.9. The summed E-state index contributed by atoms with van der Waals surface area (Å²) in [5.74, 6) is 0.140. The van der Waals surface area contributed by atoms with Gasteiger partial charge in [-0.15, -0.1) is 0 Å². The third kappa shape index (κ3) is 3.46. The smallest absolute Gasteiger partial charge is 0.314 e. The van der Waals surface area contributed by atoms with Crippen LogP contribution < -0.4 is 13.7 Å². The van der Waals surface area contributed by atoms with Crippen LogP contribution in [0.2, 0.25) is 0 Å². The first-order chi connectivity index (χ1) is 10.1. The molecule has 0 saturated carbocycles. The minimum atomic E-state index is 0.140. The van der Waals surface area contributed by atoms with Crippen LogP contribution in [-0.4, -0.2) is 26.3 Å². The van der Waals surface area contributed by atoms with E-state index in [0.29, 0.717) is 0 Å². The summed E-state index contributed by atoms with van der Waals surface area (Å²) in [5, 5.41) is 12.4. The molecule has 112 valence electrons.